The lowest BCUT2D eigenvalue weighted by atomic mass is 9.67. The molecule has 0 aromatic heterocycles. The topological polar surface area (TPSA) is 59.1 Å². The van der Waals surface area contributed by atoms with Crippen LogP contribution in [0.5, 0.6) is 0 Å². The maximum absolute atomic E-state index is 11.8. The molecule has 6 atom stereocenters. The maximum Gasteiger partial charge on any atom is 0.303 e. The van der Waals surface area contributed by atoms with Crippen molar-refractivity contribution in [3.05, 3.63) is 11.6 Å². The molecule has 3 rings (SSSR count). The summed E-state index contributed by atoms with van der Waals surface area (Å²) in [5.74, 6) is -0.00292. The average molecular weight is 365 g/mol. The van der Waals surface area contributed by atoms with Gasteiger partial charge in [-0.15, -0.1) is 0 Å². The SMILES string of the molecule is CC(=O)OC1C[C@H]2[C@](C)(C/C=C(\C)CCC3OC13C)CC[C@]2(O)C(C)C. The Morgan fingerprint density at radius 3 is 2.65 bits per heavy atom. The molecule has 0 aromatic rings. The van der Waals surface area contributed by atoms with Gasteiger partial charge in [0.1, 0.15) is 11.7 Å². The van der Waals surface area contributed by atoms with Crippen LogP contribution in [0.4, 0.5) is 0 Å². The Kier molecular flexibility index (Phi) is 5.07. The first kappa shape index (κ1) is 19.9. The third-order valence-electron chi connectivity index (χ3n) is 7.63. The molecule has 2 fully saturated rings. The third-order valence-corrected chi connectivity index (χ3v) is 7.63. The zero-order valence-electron chi connectivity index (χ0n) is 17.3. The summed E-state index contributed by atoms with van der Waals surface area (Å²) >= 11 is 0. The Morgan fingerprint density at radius 2 is 2.04 bits per heavy atom. The molecule has 1 saturated carbocycles. The number of allylic oxidation sites excluding steroid dienone is 2. The molecule has 2 aliphatic carbocycles. The van der Waals surface area contributed by atoms with Crippen molar-refractivity contribution in [2.75, 3.05) is 0 Å². The number of hydrogen-bond donors (Lipinski definition) is 1. The maximum atomic E-state index is 11.8. The summed E-state index contributed by atoms with van der Waals surface area (Å²) in [7, 11) is 0. The highest BCUT2D eigenvalue weighted by Crippen LogP contribution is 2.58. The molecular formula is C22H36O4. The van der Waals surface area contributed by atoms with Crippen LogP contribution in [0.25, 0.3) is 0 Å². The van der Waals surface area contributed by atoms with Gasteiger partial charge in [-0.3, -0.25) is 4.79 Å². The predicted octanol–water partition coefficient (Wildman–Crippen LogP) is 4.40. The molecular weight excluding hydrogens is 328 g/mol. The van der Waals surface area contributed by atoms with Crippen LogP contribution >= 0.6 is 0 Å². The Morgan fingerprint density at radius 1 is 1.35 bits per heavy atom. The first-order valence-corrected chi connectivity index (χ1v) is 10.2. The number of fused-ring (bicyclic) bond motifs is 2. The minimum atomic E-state index is -0.719. The van der Waals surface area contributed by atoms with Gasteiger partial charge in [0.15, 0.2) is 0 Å². The van der Waals surface area contributed by atoms with Gasteiger partial charge < -0.3 is 14.6 Å². The molecule has 1 aliphatic heterocycles. The van der Waals surface area contributed by atoms with Crippen molar-refractivity contribution in [1.82, 2.24) is 0 Å². The van der Waals surface area contributed by atoms with Gasteiger partial charge in [0.05, 0.1) is 11.7 Å². The van der Waals surface area contributed by atoms with E-state index in [0.717, 1.165) is 32.1 Å². The van der Waals surface area contributed by atoms with E-state index in [2.05, 4.69) is 40.7 Å². The number of epoxide rings is 1. The fourth-order valence-electron chi connectivity index (χ4n) is 5.44. The number of carbonyl (C=O) groups excluding carboxylic acids is 1. The van der Waals surface area contributed by atoms with Crippen LogP contribution in [0.3, 0.4) is 0 Å². The van der Waals surface area contributed by atoms with Crippen molar-refractivity contribution < 1.29 is 19.4 Å². The number of carbonyl (C=O) groups is 1. The van der Waals surface area contributed by atoms with Gasteiger partial charge in [-0.25, -0.2) is 0 Å². The van der Waals surface area contributed by atoms with Gasteiger partial charge in [-0.1, -0.05) is 32.4 Å². The molecule has 3 unspecified atom stereocenters. The Labute approximate surface area is 158 Å². The van der Waals surface area contributed by atoms with Crippen molar-refractivity contribution in [2.45, 2.75) is 103 Å². The zero-order valence-corrected chi connectivity index (χ0v) is 17.3. The second kappa shape index (κ2) is 6.63. The molecule has 0 spiro atoms. The summed E-state index contributed by atoms with van der Waals surface area (Å²) in [5.41, 5.74) is 0.277. The van der Waals surface area contributed by atoms with Crippen LogP contribution in [-0.4, -0.2) is 34.5 Å². The molecule has 4 nitrogen and oxygen atoms in total. The van der Waals surface area contributed by atoms with Crippen molar-refractivity contribution in [3.8, 4) is 0 Å². The van der Waals surface area contributed by atoms with E-state index in [-0.39, 0.29) is 35.4 Å². The van der Waals surface area contributed by atoms with Gasteiger partial charge >= 0.3 is 5.97 Å². The van der Waals surface area contributed by atoms with Crippen LogP contribution in [-0.2, 0) is 14.3 Å². The van der Waals surface area contributed by atoms with Gasteiger partial charge in [-0.05, 0) is 69.6 Å². The number of hydrogen-bond acceptors (Lipinski definition) is 4. The molecule has 0 radical (unpaired) electrons. The molecule has 1 N–H and O–H groups in total. The van der Waals surface area contributed by atoms with Crippen molar-refractivity contribution in [2.24, 2.45) is 17.3 Å². The molecule has 26 heavy (non-hydrogen) atoms. The van der Waals surface area contributed by atoms with Gasteiger partial charge in [0.2, 0.25) is 0 Å². The van der Waals surface area contributed by atoms with E-state index >= 15 is 0 Å². The monoisotopic (exact) mass is 364 g/mol. The van der Waals surface area contributed by atoms with E-state index in [9.17, 15) is 9.90 Å². The van der Waals surface area contributed by atoms with Crippen LogP contribution in [0.15, 0.2) is 11.6 Å². The molecule has 1 saturated heterocycles. The van der Waals surface area contributed by atoms with E-state index in [4.69, 9.17) is 9.47 Å². The molecule has 4 heteroatoms. The summed E-state index contributed by atoms with van der Waals surface area (Å²) in [6.07, 6.45) is 7.65. The smallest absolute Gasteiger partial charge is 0.303 e. The molecule has 0 bridgehead atoms. The largest absolute Gasteiger partial charge is 0.459 e. The van der Waals surface area contributed by atoms with Crippen LogP contribution < -0.4 is 0 Å². The number of ether oxygens (including phenoxy) is 2. The van der Waals surface area contributed by atoms with Gasteiger partial charge in [-0.2, -0.15) is 0 Å². The minimum absolute atomic E-state index is 0.0176. The lowest BCUT2D eigenvalue weighted by molar-refractivity contribution is -0.155. The predicted molar refractivity (Wildman–Crippen MR) is 102 cm³/mol. The summed E-state index contributed by atoms with van der Waals surface area (Å²) in [5, 5.41) is 11.6. The summed E-state index contributed by atoms with van der Waals surface area (Å²) < 4.78 is 11.8. The summed E-state index contributed by atoms with van der Waals surface area (Å²) in [6.45, 7) is 12.3. The molecule has 0 aromatic carbocycles. The van der Waals surface area contributed by atoms with E-state index in [0.29, 0.717) is 6.42 Å². The molecule has 148 valence electrons. The highest BCUT2D eigenvalue weighted by Gasteiger charge is 2.63. The molecule has 3 aliphatic rings. The normalized spacial score (nSPS) is 48.0. The Balaban J connectivity index is 1.99. The third kappa shape index (κ3) is 3.35. The van der Waals surface area contributed by atoms with Crippen molar-refractivity contribution >= 4 is 5.97 Å². The van der Waals surface area contributed by atoms with E-state index in [1.54, 1.807) is 0 Å². The van der Waals surface area contributed by atoms with Gasteiger partial charge in [0.25, 0.3) is 0 Å². The fourth-order valence-corrected chi connectivity index (χ4v) is 5.44. The summed E-state index contributed by atoms with van der Waals surface area (Å²) in [6, 6.07) is 0. The summed E-state index contributed by atoms with van der Waals surface area (Å²) in [4.78, 5) is 11.8. The highest BCUT2D eigenvalue weighted by molar-refractivity contribution is 5.66. The van der Waals surface area contributed by atoms with Crippen molar-refractivity contribution in [3.63, 3.8) is 0 Å². The second-order valence-electron chi connectivity index (χ2n) is 9.77. The van der Waals surface area contributed by atoms with Gasteiger partial charge in [0, 0.05) is 6.92 Å². The quantitative estimate of drug-likeness (QED) is 0.448. The zero-order chi connectivity index (χ0) is 19.3. The first-order valence-electron chi connectivity index (χ1n) is 10.2. The van der Waals surface area contributed by atoms with Crippen LogP contribution in [0.1, 0.15) is 80.1 Å². The standard InChI is InChI=1S/C22H36O4/c1-14(2)22(24)12-11-20(5)10-9-15(3)7-8-18-21(6,26-18)19(13-17(20)22)25-16(4)23/h9,14,17-19,24H,7-8,10-13H2,1-6H3/b15-9+/t17-,18?,19?,20+,21?,22-/m0/s1. The molecule has 1 heterocycles. The number of aliphatic hydroxyl groups is 1. The average Bonchev–Trinajstić information content (AvgIpc) is 3.15. The lowest BCUT2D eigenvalue weighted by Crippen LogP contribution is -2.47. The van der Waals surface area contributed by atoms with Crippen LogP contribution in [0.2, 0.25) is 0 Å². The lowest BCUT2D eigenvalue weighted by Gasteiger charge is -2.42. The first-order chi connectivity index (χ1) is 12.0. The molecule has 0 amide bonds. The fraction of sp³-hybridized carbons (Fsp3) is 0.864. The highest BCUT2D eigenvalue weighted by atomic mass is 16.6. The van der Waals surface area contributed by atoms with Crippen LogP contribution in [0, 0.1) is 17.3 Å². The number of rotatable bonds is 2. The Hall–Kier alpha value is -0.870. The minimum Gasteiger partial charge on any atom is -0.459 e. The number of esters is 1. The van der Waals surface area contributed by atoms with E-state index in [1.807, 2.05) is 0 Å². The second-order valence-corrected chi connectivity index (χ2v) is 9.77. The van der Waals surface area contributed by atoms with E-state index in [1.165, 1.54) is 12.5 Å². The van der Waals surface area contributed by atoms with Crippen molar-refractivity contribution in [1.29, 1.82) is 0 Å². The Bertz CT molecular complexity index is 597. The van der Waals surface area contributed by atoms with E-state index < -0.39 is 11.2 Å².